The van der Waals surface area contributed by atoms with Crippen molar-refractivity contribution in [3.63, 3.8) is 0 Å². The second kappa shape index (κ2) is 7.17. The highest BCUT2D eigenvalue weighted by Crippen LogP contribution is 2.38. The summed E-state index contributed by atoms with van der Waals surface area (Å²) < 4.78 is 5.48. The van der Waals surface area contributed by atoms with E-state index in [2.05, 4.69) is 24.8 Å². The van der Waals surface area contributed by atoms with Crippen LogP contribution in [0.5, 0.6) is 5.75 Å². The molecule has 1 atom stereocenters. The molecule has 0 amide bonds. The van der Waals surface area contributed by atoms with Gasteiger partial charge in [0.1, 0.15) is 5.75 Å². The summed E-state index contributed by atoms with van der Waals surface area (Å²) in [7, 11) is 1.67. The predicted molar refractivity (Wildman–Crippen MR) is 88.1 cm³/mol. The Balaban J connectivity index is 2.42. The summed E-state index contributed by atoms with van der Waals surface area (Å²) in [6, 6.07) is 6.69. The van der Waals surface area contributed by atoms with E-state index in [4.69, 9.17) is 4.74 Å². The van der Waals surface area contributed by atoms with Crippen molar-refractivity contribution in [1.29, 1.82) is 0 Å². The zero-order chi connectivity index (χ0) is 15.4. The standard InChI is InChI=1S/C18H29NO2/c1-13(2)12-19(15-8-5-6-9-15)16-10-7-11-17(21-4)18(16)14(3)20/h7,10-11,13-15,20H,5-6,8-9,12H2,1-4H3. The van der Waals surface area contributed by atoms with E-state index in [-0.39, 0.29) is 0 Å². The molecular weight excluding hydrogens is 262 g/mol. The van der Waals surface area contributed by atoms with Crippen LogP contribution in [0, 0.1) is 5.92 Å². The minimum absolute atomic E-state index is 0.521. The molecule has 1 fully saturated rings. The molecule has 1 aliphatic carbocycles. The SMILES string of the molecule is COc1cccc(N(CC(C)C)C2CCCC2)c1C(C)O. The van der Waals surface area contributed by atoms with E-state index in [1.54, 1.807) is 7.11 Å². The number of nitrogens with zero attached hydrogens (tertiary/aromatic N) is 1. The van der Waals surface area contributed by atoms with E-state index in [1.807, 2.05) is 19.1 Å². The number of hydrogen-bond donors (Lipinski definition) is 1. The van der Waals surface area contributed by atoms with Gasteiger partial charge >= 0.3 is 0 Å². The second-order valence-corrected chi connectivity index (χ2v) is 6.55. The first-order valence-electron chi connectivity index (χ1n) is 8.16. The van der Waals surface area contributed by atoms with Gasteiger partial charge in [0, 0.05) is 23.8 Å². The number of rotatable bonds is 6. The lowest BCUT2D eigenvalue weighted by Gasteiger charge is -2.35. The topological polar surface area (TPSA) is 32.7 Å². The normalized spacial score (nSPS) is 17.2. The molecule has 3 nitrogen and oxygen atoms in total. The number of aliphatic hydroxyl groups excluding tert-OH is 1. The maximum absolute atomic E-state index is 10.2. The summed E-state index contributed by atoms with van der Waals surface area (Å²) in [4.78, 5) is 2.50. The molecule has 1 aliphatic rings. The van der Waals surface area contributed by atoms with Crippen molar-refractivity contribution in [2.75, 3.05) is 18.6 Å². The molecule has 21 heavy (non-hydrogen) atoms. The molecule has 1 unspecified atom stereocenters. The van der Waals surface area contributed by atoms with Gasteiger partial charge in [0.2, 0.25) is 0 Å². The van der Waals surface area contributed by atoms with Gasteiger partial charge in [-0.3, -0.25) is 0 Å². The third-order valence-corrected chi connectivity index (χ3v) is 4.32. The number of aliphatic hydroxyl groups is 1. The molecule has 0 aliphatic heterocycles. The molecule has 1 aromatic rings. The fourth-order valence-electron chi connectivity index (χ4n) is 3.43. The van der Waals surface area contributed by atoms with Gasteiger partial charge < -0.3 is 14.7 Å². The Labute approximate surface area is 128 Å². The average Bonchev–Trinajstić information content (AvgIpc) is 2.97. The Kier molecular flexibility index (Phi) is 5.51. The highest BCUT2D eigenvalue weighted by Gasteiger charge is 2.27. The zero-order valence-corrected chi connectivity index (χ0v) is 13.8. The van der Waals surface area contributed by atoms with Gasteiger partial charge in [-0.1, -0.05) is 32.8 Å². The second-order valence-electron chi connectivity index (χ2n) is 6.55. The Morgan fingerprint density at radius 3 is 2.43 bits per heavy atom. The third-order valence-electron chi connectivity index (χ3n) is 4.32. The summed E-state index contributed by atoms with van der Waals surface area (Å²) in [6.07, 6.45) is 4.61. The minimum Gasteiger partial charge on any atom is -0.496 e. The number of hydrogen-bond acceptors (Lipinski definition) is 3. The lowest BCUT2D eigenvalue weighted by molar-refractivity contribution is 0.194. The Bertz CT molecular complexity index is 451. The monoisotopic (exact) mass is 291 g/mol. The number of anilines is 1. The number of methoxy groups -OCH3 is 1. The van der Waals surface area contributed by atoms with Crippen LogP contribution in [0.4, 0.5) is 5.69 Å². The molecule has 2 rings (SSSR count). The molecule has 118 valence electrons. The highest BCUT2D eigenvalue weighted by atomic mass is 16.5. The van der Waals surface area contributed by atoms with E-state index >= 15 is 0 Å². The number of ether oxygens (including phenoxy) is 1. The summed E-state index contributed by atoms with van der Waals surface area (Å²) in [6.45, 7) is 7.36. The molecule has 0 aromatic heterocycles. The smallest absolute Gasteiger partial charge is 0.126 e. The van der Waals surface area contributed by atoms with Gasteiger partial charge in [-0.25, -0.2) is 0 Å². The lowest BCUT2D eigenvalue weighted by atomic mass is 10.0. The van der Waals surface area contributed by atoms with E-state index in [0.29, 0.717) is 12.0 Å². The van der Waals surface area contributed by atoms with Crippen molar-refractivity contribution >= 4 is 5.69 Å². The van der Waals surface area contributed by atoms with Gasteiger partial charge in [0.15, 0.2) is 0 Å². The van der Waals surface area contributed by atoms with Gasteiger partial charge in [-0.2, -0.15) is 0 Å². The predicted octanol–water partition coefficient (Wildman–Crippen LogP) is 4.15. The molecular formula is C18H29NO2. The lowest BCUT2D eigenvalue weighted by Crippen LogP contribution is -2.37. The van der Waals surface area contributed by atoms with Crippen LogP contribution >= 0.6 is 0 Å². The fraction of sp³-hybridized carbons (Fsp3) is 0.667. The van der Waals surface area contributed by atoms with Crippen LogP contribution in [-0.2, 0) is 0 Å². The van der Waals surface area contributed by atoms with Gasteiger partial charge in [0.05, 0.1) is 13.2 Å². The van der Waals surface area contributed by atoms with E-state index in [9.17, 15) is 5.11 Å². The molecule has 0 heterocycles. The van der Waals surface area contributed by atoms with Crippen LogP contribution in [0.25, 0.3) is 0 Å². The summed E-state index contributed by atoms with van der Waals surface area (Å²) in [5, 5.41) is 10.2. The van der Waals surface area contributed by atoms with Crippen molar-refractivity contribution in [3.8, 4) is 5.75 Å². The minimum atomic E-state index is -0.521. The van der Waals surface area contributed by atoms with Crippen LogP contribution in [0.1, 0.15) is 58.1 Å². The Morgan fingerprint density at radius 2 is 1.90 bits per heavy atom. The maximum atomic E-state index is 10.2. The average molecular weight is 291 g/mol. The number of benzene rings is 1. The largest absolute Gasteiger partial charge is 0.496 e. The molecule has 0 spiro atoms. The Hall–Kier alpha value is -1.22. The van der Waals surface area contributed by atoms with Gasteiger partial charge in [-0.05, 0) is 37.8 Å². The van der Waals surface area contributed by atoms with E-state index in [1.165, 1.54) is 25.7 Å². The van der Waals surface area contributed by atoms with Crippen LogP contribution in [0.2, 0.25) is 0 Å². The first-order chi connectivity index (χ1) is 10.0. The van der Waals surface area contributed by atoms with E-state index < -0.39 is 6.10 Å². The van der Waals surface area contributed by atoms with Crippen LogP contribution in [0.3, 0.4) is 0 Å². The molecule has 0 saturated heterocycles. The van der Waals surface area contributed by atoms with E-state index in [0.717, 1.165) is 23.5 Å². The summed E-state index contributed by atoms with van der Waals surface area (Å²) in [5.41, 5.74) is 2.07. The first kappa shape index (κ1) is 16.2. The molecule has 1 aromatic carbocycles. The molecule has 1 saturated carbocycles. The third kappa shape index (κ3) is 3.70. The first-order valence-corrected chi connectivity index (χ1v) is 8.16. The molecule has 1 N–H and O–H groups in total. The van der Waals surface area contributed by atoms with Crippen molar-refractivity contribution in [1.82, 2.24) is 0 Å². The quantitative estimate of drug-likeness (QED) is 0.854. The van der Waals surface area contributed by atoms with Crippen molar-refractivity contribution in [2.24, 2.45) is 5.92 Å². The van der Waals surface area contributed by atoms with Crippen LogP contribution < -0.4 is 9.64 Å². The van der Waals surface area contributed by atoms with Gasteiger partial charge in [-0.15, -0.1) is 0 Å². The van der Waals surface area contributed by atoms with Crippen molar-refractivity contribution in [3.05, 3.63) is 23.8 Å². The van der Waals surface area contributed by atoms with Crippen molar-refractivity contribution < 1.29 is 9.84 Å². The summed E-state index contributed by atoms with van der Waals surface area (Å²) in [5.74, 6) is 1.38. The molecule has 3 heteroatoms. The summed E-state index contributed by atoms with van der Waals surface area (Å²) >= 11 is 0. The van der Waals surface area contributed by atoms with Crippen LogP contribution in [0.15, 0.2) is 18.2 Å². The van der Waals surface area contributed by atoms with Crippen molar-refractivity contribution in [2.45, 2.75) is 58.6 Å². The molecule has 0 radical (unpaired) electrons. The highest BCUT2D eigenvalue weighted by molar-refractivity contribution is 5.61. The Morgan fingerprint density at radius 1 is 1.24 bits per heavy atom. The fourth-order valence-corrected chi connectivity index (χ4v) is 3.43. The maximum Gasteiger partial charge on any atom is 0.126 e. The zero-order valence-electron chi connectivity index (χ0n) is 13.8. The van der Waals surface area contributed by atoms with Crippen LogP contribution in [-0.4, -0.2) is 24.8 Å². The van der Waals surface area contributed by atoms with Gasteiger partial charge in [0.25, 0.3) is 0 Å². The molecule has 0 bridgehead atoms.